The Balaban J connectivity index is 1.97. The Bertz CT molecular complexity index is 455. The second-order valence-electron chi connectivity index (χ2n) is 5.59. The molecule has 1 unspecified atom stereocenters. The van der Waals surface area contributed by atoms with Gasteiger partial charge < -0.3 is 11.1 Å². The van der Waals surface area contributed by atoms with Crippen LogP contribution in [0.3, 0.4) is 0 Å². The summed E-state index contributed by atoms with van der Waals surface area (Å²) in [5.74, 6) is 0.0712. The Labute approximate surface area is 129 Å². The number of carbonyl (C=O) groups is 2. The first-order valence-electron chi connectivity index (χ1n) is 7.75. The van der Waals surface area contributed by atoms with Crippen molar-refractivity contribution in [1.82, 2.24) is 10.3 Å². The third-order valence-corrected chi connectivity index (χ3v) is 4.78. The Morgan fingerprint density at radius 3 is 2.76 bits per heavy atom. The average Bonchev–Trinajstić information content (AvgIpc) is 3.18. The van der Waals surface area contributed by atoms with Crippen molar-refractivity contribution >= 4 is 23.0 Å². The van der Waals surface area contributed by atoms with E-state index in [1.165, 1.54) is 11.3 Å². The van der Waals surface area contributed by atoms with Gasteiger partial charge in [-0.05, 0) is 32.1 Å². The second kappa shape index (κ2) is 8.24. The number of unbranched alkanes of at least 4 members (excludes halogenated alkanes) is 1. The number of quaternary nitrogens is 1. The number of Topliss-reactive ketones (excluding diaryl/α,β-unsaturated/α-hetero) is 1. The molecule has 116 valence electrons. The maximum atomic E-state index is 12.5. The summed E-state index contributed by atoms with van der Waals surface area (Å²) in [6.45, 7) is 0.856. The van der Waals surface area contributed by atoms with Gasteiger partial charge in [0.1, 0.15) is 0 Å². The third-order valence-electron chi connectivity index (χ3n) is 3.99. The molecule has 0 aliphatic heterocycles. The normalized spacial score (nSPS) is 16.8. The fourth-order valence-corrected chi connectivity index (χ4v) is 3.40. The monoisotopic (exact) mass is 310 g/mol. The Hall–Kier alpha value is -1.27. The molecular weight excluding hydrogens is 286 g/mol. The number of rotatable bonds is 8. The van der Waals surface area contributed by atoms with E-state index in [1.807, 2.05) is 0 Å². The number of thiazole rings is 1. The first kappa shape index (κ1) is 16.1. The van der Waals surface area contributed by atoms with Gasteiger partial charge in [-0.2, -0.15) is 0 Å². The summed E-state index contributed by atoms with van der Waals surface area (Å²) in [6, 6.07) is -0.434. The molecule has 1 aliphatic carbocycles. The minimum atomic E-state index is -0.434. The van der Waals surface area contributed by atoms with Crippen LogP contribution in [-0.2, 0) is 4.79 Å². The van der Waals surface area contributed by atoms with E-state index in [4.69, 9.17) is 0 Å². The Morgan fingerprint density at radius 2 is 2.14 bits per heavy atom. The van der Waals surface area contributed by atoms with Crippen LogP contribution >= 0.6 is 11.3 Å². The molecule has 0 spiro atoms. The van der Waals surface area contributed by atoms with Crippen molar-refractivity contribution in [3.05, 3.63) is 16.6 Å². The number of carbonyl (C=O) groups excluding carboxylic acids is 2. The van der Waals surface area contributed by atoms with Gasteiger partial charge in [0.2, 0.25) is 11.7 Å². The van der Waals surface area contributed by atoms with Crippen LogP contribution in [0.15, 0.2) is 11.6 Å². The highest BCUT2D eigenvalue weighted by atomic mass is 32.1. The molecule has 1 heterocycles. The van der Waals surface area contributed by atoms with Crippen LogP contribution in [-0.4, -0.2) is 29.3 Å². The number of nitrogens with zero attached hydrogens (tertiary/aromatic N) is 1. The molecule has 1 aromatic rings. The van der Waals surface area contributed by atoms with Gasteiger partial charge in [0, 0.05) is 17.5 Å². The van der Waals surface area contributed by atoms with Gasteiger partial charge in [-0.25, -0.2) is 4.98 Å². The summed E-state index contributed by atoms with van der Waals surface area (Å²) >= 11 is 1.33. The summed E-state index contributed by atoms with van der Waals surface area (Å²) in [5, 5.41) is 5.24. The highest BCUT2D eigenvalue weighted by Crippen LogP contribution is 2.25. The van der Waals surface area contributed by atoms with Gasteiger partial charge in [-0.1, -0.05) is 12.8 Å². The summed E-state index contributed by atoms with van der Waals surface area (Å²) in [4.78, 5) is 28.8. The molecule has 0 bridgehead atoms. The fraction of sp³-hybridized carbons (Fsp3) is 0.667. The molecule has 1 fully saturated rings. The number of ketones is 1. The van der Waals surface area contributed by atoms with Gasteiger partial charge in [-0.15, -0.1) is 11.3 Å². The van der Waals surface area contributed by atoms with Crippen molar-refractivity contribution in [2.75, 3.05) is 6.54 Å². The molecule has 1 aromatic heterocycles. The predicted octanol–water partition coefficient (Wildman–Crippen LogP) is 1.41. The Kier molecular flexibility index (Phi) is 6.32. The minimum absolute atomic E-state index is 0.0389. The van der Waals surface area contributed by atoms with Crippen molar-refractivity contribution in [1.29, 1.82) is 0 Å². The lowest BCUT2D eigenvalue weighted by Crippen LogP contribution is -2.50. The number of hydrogen-bond acceptors (Lipinski definition) is 4. The molecule has 1 aliphatic rings. The molecule has 1 saturated carbocycles. The molecule has 6 heteroatoms. The van der Waals surface area contributed by atoms with E-state index in [0.717, 1.165) is 45.1 Å². The maximum absolute atomic E-state index is 12.5. The van der Waals surface area contributed by atoms with E-state index in [0.29, 0.717) is 11.4 Å². The molecule has 5 nitrogen and oxygen atoms in total. The summed E-state index contributed by atoms with van der Waals surface area (Å²) in [6.07, 6.45) is 8.30. The van der Waals surface area contributed by atoms with Gasteiger partial charge in [0.15, 0.2) is 5.01 Å². The number of aromatic nitrogens is 1. The first-order chi connectivity index (χ1) is 10.2. The molecule has 1 atom stereocenters. The lowest BCUT2D eigenvalue weighted by molar-refractivity contribution is -0.368. The highest BCUT2D eigenvalue weighted by Gasteiger charge is 2.28. The van der Waals surface area contributed by atoms with E-state index >= 15 is 0 Å². The van der Waals surface area contributed by atoms with E-state index in [9.17, 15) is 9.59 Å². The van der Waals surface area contributed by atoms with E-state index < -0.39 is 6.04 Å². The minimum Gasteiger partial charge on any atom is -0.358 e. The topological polar surface area (TPSA) is 86.7 Å². The van der Waals surface area contributed by atoms with Crippen LogP contribution in [0.4, 0.5) is 0 Å². The zero-order valence-electron chi connectivity index (χ0n) is 12.3. The molecule has 1 amide bonds. The zero-order valence-corrected chi connectivity index (χ0v) is 13.2. The van der Waals surface area contributed by atoms with Gasteiger partial charge in [-0.3, -0.25) is 9.59 Å². The summed E-state index contributed by atoms with van der Waals surface area (Å²) in [7, 11) is 0. The van der Waals surface area contributed by atoms with Gasteiger partial charge in [0.05, 0.1) is 12.6 Å². The van der Waals surface area contributed by atoms with Crippen molar-refractivity contribution in [3.8, 4) is 0 Å². The number of hydrogen-bond donors (Lipinski definition) is 2. The molecule has 0 radical (unpaired) electrons. The van der Waals surface area contributed by atoms with E-state index in [1.54, 1.807) is 11.6 Å². The second-order valence-corrected chi connectivity index (χ2v) is 6.49. The van der Waals surface area contributed by atoms with Crippen molar-refractivity contribution in [3.63, 3.8) is 0 Å². The number of amides is 1. The van der Waals surface area contributed by atoms with E-state index in [-0.39, 0.29) is 17.6 Å². The fourth-order valence-electron chi connectivity index (χ4n) is 2.77. The predicted molar refractivity (Wildman–Crippen MR) is 81.9 cm³/mol. The van der Waals surface area contributed by atoms with Crippen LogP contribution in [0.5, 0.6) is 0 Å². The van der Waals surface area contributed by atoms with Crippen LogP contribution < -0.4 is 11.1 Å². The third kappa shape index (κ3) is 4.61. The van der Waals surface area contributed by atoms with Crippen LogP contribution in [0.2, 0.25) is 0 Å². The lowest BCUT2D eigenvalue weighted by atomic mass is 10.0. The van der Waals surface area contributed by atoms with E-state index in [2.05, 4.69) is 16.0 Å². The molecule has 21 heavy (non-hydrogen) atoms. The van der Waals surface area contributed by atoms with Crippen molar-refractivity contribution in [2.45, 2.75) is 51.0 Å². The largest absolute Gasteiger partial charge is 0.358 e. The first-order valence-corrected chi connectivity index (χ1v) is 8.63. The molecule has 0 aromatic carbocycles. The van der Waals surface area contributed by atoms with Crippen molar-refractivity contribution < 1.29 is 15.3 Å². The smallest absolute Gasteiger partial charge is 0.223 e. The Morgan fingerprint density at radius 1 is 1.38 bits per heavy atom. The van der Waals surface area contributed by atoms with Crippen LogP contribution in [0.25, 0.3) is 0 Å². The quantitative estimate of drug-likeness (QED) is 0.562. The number of nitrogens with one attached hydrogen (secondary N) is 1. The maximum Gasteiger partial charge on any atom is 0.223 e. The molecule has 2 rings (SSSR count). The summed E-state index contributed by atoms with van der Waals surface area (Å²) in [5.41, 5.74) is 3.82. The lowest BCUT2D eigenvalue weighted by Gasteiger charge is -2.19. The van der Waals surface area contributed by atoms with Gasteiger partial charge >= 0.3 is 0 Å². The zero-order chi connectivity index (χ0) is 15.1. The van der Waals surface area contributed by atoms with Gasteiger partial charge in [0.25, 0.3) is 0 Å². The average molecular weight is 310 g/mol. The van der Waals surface area contributed by atoms with Crippen LogP contribution in [0, 0.1) is 5.92 Å². The highest BCUT2D eigenvalue weighted by molar-refractivity contribution is 7.11. The molecule has 0 saturated heterocycles. The van der Waals surface area contributed by atoms with Crippen molar-refractivity contribution in [2.24, 2.45) is 5.92 Å². The van der Waals surface area contributed by atoms with Crippen LogP contribution in [0.1, 0.15) is 54.7 Å². The molecular formula is C15H24N3O2S+. The summed E-state index contributed by atoms with van der Waals surface area (Å²) < 4.78 is 0. The standard InChI is InChI=1S/C15H23N3O2S/c16-8-4-3-7-12(13(19)15-17-9-10-21-15)18-14(20)11-5-1-2-6-11/h9-12H,1-8,16H2,(H,18,20)/p+1. The molecule has 4 N–H and O–H groups in total. The SMILES string of the molecule is [NH3+]CCCCC(NC(=O)C1CCCC1)C(=O)c1nccs1.